The SMILES string of the molecule is FC(F)(F)[C@H]1C=C1CCOCc1ccccc1. The van der Waals surface area contributed by atoms with Gasteiger partial charge >= 0.3 is 6.18 Å². The summed E-state index contributed by atoms with van der Waals surface area (Å²) in [5, 5.41) is 0. The molecule has 2 rings (SSSR count). The van der Waals surface area contributed by atoms with E-state index in [-0.39, 0.29) is 0 Å². The van der Waals surface area contributed by atoms with E-state index in [0.717, 1.165) is 5.56 Å². The summed E-state index contributed by atoms with van der Waals surface area (Å²) < 4.78 is 41.8. The Labute approximate surface area is 97.9 Å². The first kappa shape index (κ1) is 12.2. The van der Waals surface area contributed by atoms with Gasteiger partial charge in [-0.25, -0.2) is 0 Å². The van der Waals surface area contributed by atoms with E-state index < -0.39 is 12.1 Å². The minimum Gasteiger partial charge on any atom is -0.376 e. The van der Waals surface area contributed by atoms with Crippen LogP contribution in [0.1, 0.15) is 12.0 Å². The molecule has 0 bridgehead atoms. The minimum absolute atomic E-state index is 0.341. The van der Waals surface area contributed by atoms with Crippen molar-refractivity contribution in [3.05, 3.63) is 47.5 Å². The van der Waals surface area contributed by atoms with Crippen molar-refractivity contribution < 1.29 is 17.9 Å². The van der Waals surface area contributed by atoms with Crippen LogP contribution in [0, 0.1) is 5.92 Å². The van der Waals surface area contributed by atoms with E-state index in [4.69, 9.17) is 4.74 Å². The van der Waals surface area contributed by atoms with Gasteiger partial charge in [-0.3, -0.25) is 0 Å². The van der Waals surface area contributed by atoms with E-state index in [1.54, 1.807) is 0 Å². The van der Waals surface area contributed by atoms with E-state index in [1.807, 2.05) is 30.3 Å². The second-order valence-electron chi connectivity index (χ2n) is 4.05. The Morgan fingerprint density at radius 2 is 1.82 bits per heavy atom. The Morgan fingerprint density at radius 3 is 2.41 bits per heavy atom. The highest BCUT2D eigenvalue weighted by Gasteiger charge is 2.47. The zero-order valence-electron chi connectivity index (χ0n) is 9.20. The first-order valence-electron chi connectivity index (χ1n) is 5.46. The number of benzene rings is 1. The number of allylic oxidation sites excluding steroid dienone is 1. The second-order valence-corrected chi connectivity index (χ2v) is 4.05. The quantitative estimate of drug-likeness (QED) is 0.565. The molecule has 0 aliphatic heterocycles. The molecule has 0 N–H and O–H groups in total. The van der Waals surface area contributed by atoms with Crippen LogP contribution < -0.4 is 0 Å². The van der Waals surface area contributed by atoms with Gasteiger partial charge in [-0.05, 0) is 12.0 Å². The van der Waals surface area contributed by atoms with Crippen LogP contribution in [0.4, 0.5) is 13.2 Å². The van der Waals surface area contributed by atoms with Crippen molar-refractivity contribution in [3.63, 3.8) is 0 Å². The third-order valence-electron chi connectivity index (χ3n) is 2.67. The van der Waals surface area contributed by atoms with Gasteiger partial charge in [-0.2, -0.15) is 13.2 Å². The Bertz CT molecular complexity index is 395. The third-order valence-corrected chi connectivity index (χ3v) is 2.67. The van der Waals surface area contributed by atoms with Crippen molar-refractivity contribution in [2.45, 2.75) is 19.2 Å². The predicted molar refractivity (Wildman–Crippen MR) is 58.3 cm³/mol. The average Bonchev–Trinajstić information content (AvgIpc) is 3.05. The number of rotatable bonds is 5. The zero-order valence-corrected chi connectivity index (χ0v) is 9.20. The highest BCUT2D eigenvalue weighted by Crippen LogP contribution is 2.44. The van der Waals surface area contributed by atoms with Crippen LogP contribution in [0.5, 0.6) is 0 Å². The van der Waals surface area contributed by atoms with E-state index >= 15 is 0 Å². The van der Waals surface area contributed by atoms with Crippen LogP contribution in [-0.2, 0) is 11.3 Å². The lowest BCUT2D eigenvalue weighted by atomic mass is 10.2. The normalized spacial score (nSPS) is 19.0. The smallest absolute Gasteiger partial charge is 0.376 e. The number of ether oxygens (including phenoxy) is 1. The lowest BCUT2D eigenvalue weighted by Gasteiger charge is -2.06. The maximum Gasteiger partial charge on any atom is 0.398 e. The van der Waals surface area contributed by atoms with Gasteiger partial charge in [-0.1, -0.05) is 42.0 Å². The van der Waals surface area contributed by atoms with Crippen LogP contribution in [0.3, 0.4) is 0 Å². The van der Waals surface area contributed by atoms with Crippen molar-refractivity contribution in [1.29, 1.82) is 0 Å². The summed E-state index contributed by atoms with van der Waals surface area (Å²) in [5.41, 5.74) is 1.48. The first-order valence-corrected chi connectivity index (χ1v) is 5.46. The minimum atomic E-state index is -4.10. The molecule has 0 amide bonds. The molecule has 0 unspecified atom stereocenters. The maximum atomic E-state index is 12.2. The number of hydrogen-bond acceptors (Lipinski definition) is 1. The lowest BCUT2D eigenvalue weighted by molar-refractivity contribution is -0.142. The summed E-state index contributed by atoms with van der Waals surface area (Å²) in [5.74, 6) is -1.29. The van der Waals surface area contributed by atoms with Gasteiger partial charge < -0.3 is 4.74 Å². The van der Waals surface area contributed by atoms with Crippen LogP contribution in [0.15, 0.2) is 42.0 Å². The topological polar surface area (TPSA) is 9.23 Å². The number of hydrogen-bond donors (Lipinski definition) is 0. The summed E-state index contributed by atoms with van der Waals surface area (Å²) >= 11 is 0. The van der Waals surface area contributed by atoms with E-state index in [9.17, 15) is 13.2 Å². The largest absolute Gasteiger partial charge is 0.398 e. The average molecular weight is 242 g/mol. The Balaban J connectivity index is 1.61. The molecule has 1 nitrogen and oxygen atoms in total. The van der Waals surface area contributed by atoms with E-state index in [0.29, 0.717) is 25.2 Å². The molecule has 1 aliphatic rings. The van der Waals surface area contributed by atoms with Crippen molar-refractivity contribution in [3.8, 4) is 0 Å². The predicted octanol–water partition coefficient (Wildman–Crippen LogP) is 3.71. The molecule has 4 heteroatoms. The van der Waals surface area contributed by atoms with Crippen LogP contribution in [0.25, 0.3) is 0 Å². The Morgan fingerprint density at radius 1 is 1.12 bits per heavy atom. The number of alkyl halides is 3. The molecule has 1 aromatic rings. The molecule has 0 saturated carbocycles. The van der Waals surface area contributed by atoms with E-state index in [2.05, 4.69) is 0 Å². The Hall–Kier alpha value is -1.29. The van der Waals surface area contributed by atoms with Gasteiger partial charge in [-0.15, -0.1) is 0 Å². The van der Waals surface area contributed by atoms with Crippen LogP contribution in [-0.4, -0.2) is 12.8 Å². The fourth-order valence-corrected chi connectivity index (χ4v) is 1.66. The standard InChI is InChI=1S/C13H13F3O/c14-13(15,16)12-8-11(12)6-7-17-9-10-4-2-1-3-5-10/h1-5,8,12H,6-7,9H2/t12-/m0/s1. The number of halogens is 3. The molecule has 0 radical (unpaired) electrons. The molecule has 17 heavy (non-hydrogen) atoms. The highest BCUT2D eigenvalue weighted by molar-refractivity contribution is 5.31. The monoisotopic (exact) mass is 242 g/mol. The van der Waals surface area contributed by atoms with Crippen molar-refractivity contribution in [1.82, 2.24) is 0 Å². The maximum absolute atomic E-state index is 12.2. The van der Waals surface area contributed by atoms with Crippen molar-refractivity contribution >= 4 is 0 Å². The van der Waals surface area contributed by atoms with E-state index in [1.165, 1.54) is 6.08 Å². The van der Waals surface area contributed by atoms with Gasteiger partial charge in [0.1, 0.15) is 0 Å². The summed E-state index contributed by atoms with van der Waals surface area (Å²) in [6.07, 6.45) is -2.47. The molecule has 0 aromatic heterocycles. The fourth-order valence-electron chi connectivity index (χ4n) is 1.66. The molecule has 1 aromatic carbocycles. The summed E-state index contributed by atoms with van der Waals surface area (Å²) in [6, 6.07) is 9.57. The molecule has 1 atom stereocenters. The van der Waals surface area contributed by atoms with Gasteiger partial charge in [0.05, 0.1) is 19.1 Å². The second kappa shape index (κ2) is 4.92. The molecule has 1 aliphatic carbocycles. The molecule has 0 fully saturated rings. The lowest BCUT2D eigenvalue weighted by Crippen LogP contribution is -2.13. The zero-order chi connectivity index (χ0) is 12.3. The summed E-state index contributed by atoms with van der Waals surface area (Å²) in [4.78, 5) is 0. The molecular weight excluding hydrogens is 229 g/mol. The molecule has 0 heterocycles. The molecular formula is C13H13F3O. The summed E-state index contributed by atoms with van der Waals surface area (Å²) in [6.45, 7) is 0.790. The highest BCUT2D eigenvalue weighted by atomic mass is 19.4. The van der Waals surface area contributed by atoms with Gasteiger partial charge in [0.2, 0.25) is 0 Å². The Kier molecular flexibility index (Phi) is 3.52. The van der Waals surface area contributed by atoms with Crippen molar-refractivity contribution in [2.24, 2.45) is 5.92 Å². The van der Waals surface area contributed by atoms with Gasteiger partial charge in [0.25, 0.3) is 0 Å². The summed E-state index contributed by atoms with van der Waals surface area (Å²) in [7, 11) is 0. The molecule has 0 spiro atoms. The third kappa shape index (κ3) is 3.60. The molecule has 0 saturated heterocycles. The van der Waals surface area contributed by atoms with Crippen LogP contribution >= 0.6 is 0 Å². The fraction of sp³-hybridized carbons (Fsp3) is 0.385. The van der Waals surface area contributed by atoms with Crippen LogP contribution in [0.2, 0.25) is 0 Å². The molecule has 92 valence electrons. The van der Waals surface area contributed by atoms with Crippen molar-refractivity contribution in [2.75, 3.05) is 6.61 Å². The first-order chi connectivity index (χ1) is 8.07. The van der Waals surface area contributed by atoms with Gasteiger partial charge in [0, 0.05) is 0 Å². The van der Waals surface area contributed by atoms with Gasteiger partial charge in [0.15, 0.2) is 0 Å².